The molecular formula is C15H14N4O4. The number of fused-ring (bicyclic) bond motifs is 1. The van der Waals surface area contributed by atoms with Crippen molar-refractivity contribution in [3.8, 4) is 12.1 Å². The first-order valence-electron chi connectivity index (χ1n) is 7.32. The van der Waals surface area contributed by atoms with Crippen molar-refractivity contribution in [1.82, 2.24) is 10.2 Å². The molecule has 3 aliphatic rings. The molecule has 0 aromatic heterocycles. The summed E-state index contributed by atoms with van der Waals surface area (Å²) in [6, 6.07) is 3.78. The van der Waals surface area contributed by atoms with Crippen molar-refractivity contribution < 1.29 is 19.2 Å². The number of hydrogen-bond acceptors (Lipinski definition) is 6. The predicted molar refractivity (Wildman–Crippen MR) is 72.4 cm³/mol. The third-order valence-electron chi connectivity index (χ3n) is 5.48. The lowest BCUT2D eigenvalue weighted by Gasteiger charge is -2.47. The highest BCUT2D eigenvalue weighted by molar-refractivity contribution is 6.06. The molecule has 0 aromatic rings. The highest BCUT2D eigenvalue weighted by Gasteiger charge is 2.62. The standard InChI is InChI=1S/C15H14N4O4/c1-19-13(22)7-2-3-15(4-8(7)14(19)23)9(5-16)11(20)18-12(21)10(15)6-17/h7-10H,2-4H2,1H3,(H,18,20,21)/t7-,8+,9-,10+,15?/m0/s1. The smallest absolute Gasteiger partial charge is 0.244 e. The highest BCUT2D eigenvalue weighted by atomic mass is 16.2. The second-order valence-electron chi connectivity index (χ2n) is 6.40. The van der Waals surface area contributed by atoms with E-state index in [2.05, 4.69) is 5.32 Å². The molecule has 0 bridgehead atoms. The van der Waals surface area contributed by atoms with Crippen LogP contribution in [0, 0.1) is 51.7 Å². The molecule has 2 heterocycles. The summed E-state index contributed by atoms with van der Waals surface area (Å²) in [4.78, 5) is 49.5. The van der Waals surface area contributed by atoms with Crippen LogP contribution in [0.3, 0.4) is 0 Å². The fraction of sp³-hybridized carbons (Fsp3) is 0.600. The molecule has 118 valence electrons. The summed E-state index contributed by atoms with van der Waals surface area (Å²) in [7, 11) is 1.40. The number of nitriles is 2. The number of imide groups is 2. The van der Waals surface area contributed by atoms with Crippen molar-refractivity contribution in [2.75, 3.05) is 7.05 Å². The topological polar surface area (TPSA) is 131 Å². The highest BCUT2D eigenvalue weighted by Crippen LogP contribution is 2.55. The Morgan fingerprint density at radius 1 is 1.04 bits per heavy atom. The number of likely N-dealkylation sites (tertiary alicyclic amines) is 1. The Kier molecular flexibility index (Phi) is 3.22. The van der Waals surface area contributed by atoms with Crippen LogP contribution in [0.1, 0.15) is 19.3 Å². The zero-order valence-electron chi connectivity index (χ0n) is 12.4. The molecule has 4 amide bonds. The monoisotopic (exact) mass is 314 g/mol. The van der Waals surface area contributed by atoms with Crippen LogP contribution in [-0.2, 0) is 19.2 Å². The van der Waals surface area contributed by atoms with Gasteiger partial charge in [0.05, 0.1) is 24.0 Å². The maximum atomic E-state index is 12.3. The molecule has 2 aliphatic heterocycles. The van der Waals surface area contributed by atoms with Gasteiger partial charge in [0.15, 0.2) is 0 Å². The van der Waals surface area contributed by atoms with E-state index >= 15 is 0 Å². The lowest BCUT2D eigenvalue weighted by molar-refractivity contribution is -0.150. The molecule has 1 aliphatic carbocycles. The minimum atomic E-state index is -1.20. The second kappa shape index (κ2) is 4.88. The van der Waals surface area contributed by atoms with Gasteiger partial charge in [-0.25, -0.2) is 0 Å². The summed E-state index contributed by atoms with van der Waals surface area (Å²) in [6.07, 6.45) is 0.537. The first-order valence-corrected chi connectivity index (χ1v) is 7.32. The normalized spacial score (nSPS) is 39.7. The van der Waals surface area contributed by atoms with Crippen LogP contribution < -0.4 is 5.32 Å². The summed E-state index contributed by atoms with van der Waals surface area (Å²) in [5, 5.41) is 20.8. The third kappa shape index (κ3) is 1.81. The van der Waals surface area contributed by atoms with Gasteiger partial charge in [0.2, 0.25) is 23.6 Å². The predicted octanol–water partition coefficient (Wildman–Crippen LogP) is -0.676. The van der Waals surface area contributed by atoms with Crippen molar-refractivity contribution in [3.05, 3.63) is 0 Å². The molecule has 8 heteroatoms. The van der Waals surface area contributed by atoms with Gasteiger partial charge in [0.25, 0.3) is 0 Å². The molecule has 5 atom stereocenters. The zero-order valence-corrected chi connectivity index (χ0v) is 12.4. The van der Waals surface area contributed by atoms with E-state index in [0.717, 1.165) is 4.90 Å². The quantitative estimate of drug-likeness (QED) is 0.589. The number of nitrogens with one attached hydrogen (secondary N) is 1. The first kappa shape index (κ1) is 15.2. The largest absolute Gasteiger partial charge is 0.294 e. The van der Waals surface area contributed by atoms with E-state index < -0.39 is 40.9 Å². The lowest BCUT2D eigenvalue weighted by atomic mass is 9.54. The second-order valence-corrected chi connectivity index (χ2v) is 6.40. The maximum Gasteiger partial charge on any atom is 0.244 e. The Bertz CT molecular complexity index is 684. The average molecular weight is 314 g/mol. The molecular weight excluding hydrogens is 300 g/mol. The number of piperidine rings is 1. The van der Waals surface area contributed by atoms with Crippen LogP contribution in [0.5, 0.6) is 0 Å². The molecule has 2 saturated heterocycles. The Hall–Kier alpha value is -2.74. The minimum Gasteiger partial charge on any atom is -0.294 e. The Morgan fingerprint density at radius 2 is 1.57 bits per heavy atom. The van der Waals surface area contributed by atoms with Gasteiger partial charge >= 0.3 is 0 Å². The van der Waals surface area contributed by atoms with Gasteiger partial charge in [-0.15, -0.1) is 0 Å². The third-order valence-corrected chi connectivity index (χ3v) is 5.48. The Morgan fingerprint density at radius 3 is 2.09 bits per heavy atom. The molecule has 1 unspecified atom stereocenters. The Balaban J connectivity index is 2.06. The van der Waals surface area contributed by atoms with Crippen LogP contribution in [0.15, 0.2) is 0 Å². The van der Waals surface area contributed by atoms with Crippen molar-refractivity contribution in [2.45, 2.75) is 19.3 Å². The zero-order chi connectivity index (χ0) is 16.9. The lowest BCUT2D eigenvalue weighted by Crippen LogP contribution is -2.59. The summed E-state index contributed by atoms with van der Waals surface area (Å²) < 4.78 is 0. The summed E-state index contributed by atoms with van der Waals surface area (Å²) >= 11 is 0. The molecule has 8 nitrogen and oxygen atoms in total. The van der Waals surface area contributed by atoms with Crippen LogP contribution in [0.2, 0.25) is 0 Å². The van der Waals surface area contributed by atoms with Crippen LogP contribution >= 0.6 is 0 Å². The number of carbonyl (C=O) groups is 4. The summed E-state index contributed by atoms with van der Waals surface area (Å²) in [5.41, 5.74) is -1.20. The molecule has 0 aromatic carbocycles. The van der Waals surface area contributed by atoms with E-state index in [4.69, 9.17) is 0 Å². The number of rotatable bonds is 0. The van der Waals surface area contributed by atoms with Crippen molar-refractivity contribution >= 4 is 23.6 Å². The van der Waals surface area contributed by atoms with Gasteiger partial charge in [0.1, 0.15) is 11.8 Å². The van der Waals surface area contributed by atoms with Crippen molar-refractivity contribution in [2.24, 2.45) is 29.1 Å². The van der Waals surface area contributed by atoms with Gasteiger partial charge in [0, 0.05) is 12.5 Å². The van der Waals surface area contributed by atoms with E-state index in [-0.39, 0.29) is 31.1 Å². The number of nitrogens with zero attached hydrogens (tertiary/aromatic N) is 3. The number of amides is 4. The summed E-state index contributed by atoms with van der Waals surface area (Å²) in [5.74, 6) is -5.63. The van der Waals surface area contributed by atoms with Crippen LogP contribution in [0.4, 0.5) is 0 Å². The first-order chi connectivity index (χ1) is 10.9. The fourth-order valence-electron chi connectivity index (χ4n) is 4.29. The fourth-order valence-corrected chi connectivity index (χ4v) is 4.29. The van der Waals surface area contributed by atoms with Crippen molar-refractivity contribution in [1.29, 1.82) is 10.5 Å². The SMILES string of the molecule is CN1C(=O)[C@H]2CCC3(C[C@H]2C1=O)[C@H](C#N)C(=O)NC(=O)[C@@H]3C#N. The van der Waals surface area contributed by atoms with E-state index in [1.54, 1.807) is 0 Å². The van der Waals surface area contributed by atoms with Gasteiger partial charge in [-0.2, -0.15) is 10.5 Å². The maximum absolute atomic E-state index is 12.3. The van der Waals surface area contributed by atoms with E-state index in [0.29, 0.717) is 0 Å². The molecule has 23 heavy (non-hydrogen) atoms. The van der Waals surface area contributed by atoms with Gasteiger partial charge < -0.3 is 0 Å². The average Bonchev–Trinajstić information content (AvgIpc) is 2.72. The Labute approximate surface area is 132 Å². The van der Waals surface area contributed by atoms with E-state index in [1.807, 2.05) is 12.1 Å². The molecule has 3 fully saturated rings. The number of carbonyl (C=O) groups excluding carboxylic acids is 4. The summed E-state index contributed by atoms with van der Waals surface area (Å²) in [6.45, 7) is 0. The molecule has 3 rings (SSSR count). The van der Waals surface area contributed by atoms with Crippen LogP contribution in [-0.4, -0.2) is 35.6 Å². The molecule has 1 spiro atoms. The van der Waals surface area contributed by atoms with Gasteiger partial charge in [-0.1, -0.05) is 0 Å². The van der Waals surface area contributed by atoms with Crippen LogP contribution in [0.25, 0.3) is 0 Å². The van der Waals surface area contributed by atoms with E-state index in [9.17, 15) is 29.7 Å². The number of hydrogen-bond donors (Lipinski definition) is 1. The molecule has 0 radical (unpaired) electrons. The molecule has 1 saturated carbocycles. The van der Waals surface area contributed by atoms with Gasteiger partial charge in [-0.3, -0.25) is 29.4 Å². The van der Waals surface area contributed by atoms with E-state index in [1.165, 1.54) is 7.05 Å². The van der Waals surface area contributed by atoms with Crippen molar-refractivity contribution in [3.63, 3.8) is 0 Å². The van der Waals surface area contributed by atoms with Gasteiger partial charge in [-0.05, 0) is 19.3 Å². The minimum absolute atomic E-state index is 0.0300. The molecule has 1 N–H and O–H groups in total.